The second-order valence-electron chi connectivity index (χ2n) is 7.31. The lowest BCUT2D eigenvalue weighted by Crippen LogP contribution is -1.94. The highest BCUT2D eigenvalue weighted by molar-refractivity contribution is 7.13. The lowest BCUT2D eigenvalue weighted by molar-refractivity contribution is 0.108. The van der Waals surface area contributed by atoms with E-state index in [1.54, 1.807) is 18.4 Å². The number of rotatable bonds is 3. The molecule has 0 spiro atoms. The van der Waals surface area contributed by atoms with Gasteiger partial charge in [0.1, 0.15) is 16.7 Å². The zero-order valence-electron chi connectivity index (χ0n) is 18.8. The number of methoxy groups -OCH3 is 1. The zero-order valence-corrected chi connectivity index (χ0v) is 19.6. The van der Waals surface area contributed by atoms with Gasteiger partial charge in [-0.1, -0.05) is 0 Å². The van der Waals surface area contributed by atoms with Crippen molar-refractivity contribution >= 4 is 33.4 Å². The van der Waals surface area contributed by atoms with Crippen molar-refractivity contribution in [1.29, 1.82) is 5.26 Å². The number of fused-ring (bicyclic) bond motifs is 1. The van der Waals surface area contributed by atoms with Gasteiger partial charge in [-0.25, -0.2) is 0 Å². The molecule has 0 bridgehead atoms. The highest BCUT2D eigenvalue weighted by Gasteiger charge is 2.26. The number of nitrogens with zero attached hydrogens (tertiary/aromatic N) is 2. The van der Waals surface area contributed by atoms with Gasteiger partial charge < -0.3 is 9.30 Å². The van der Waals surface area contributed by atoms with Gasteiger partial charge in [-0.15, -0.1) is 11.3 Å². The maximum absolute atomic E-state index is 9.46. The van der Waals surface area contributed by atoms with Crippen LogP contribution in [0.5, 0.6) is 5.75 Å². The third-order valence-corrected chi connectivity index (χ3v) is 7.06. The molecule has 0 aliphatic heterocycles. The predicted molar refractivity (Wildman–Crippen MR) is 120 cm³/mol. The Morgan fingerprint density at radius 1 is 0.970 bits per heavy atom. The largest absolute Gasteiger partial charge is 0.497 e. The van der Waals surface area contributed by atoms with Crippen molar-refractivity contribution in [3.63, 3.8) is 0 Å². The minimum absolute atomic E-state index is 0.845. The van der Waals surface area contributed by atoms with Crippen LogP contribution in [-0.2, 0) is 7.05 Å². The fraction of sp³-hybridized carbons (Fsp3) is 0.348. The Kier molecular flexibility index (Phi) is 11.0. The van der Waals surface area contributed by atoms with Crippen LogP contribution in [0.25, 0.3) is 22.0 Å². The number of aromatic nitrogens is 1. The molecular formula is C23H24F6N2OS. The summed E-state index contributed by atoms with van der Waals surface area (Å²) in [7, 11) is 3.86. The first-order valence-corrected chi connectivity index (χ1v) is 10.6. The molecule has 0 radical (unpaired) electrons. The number of hydrogen-bond donors (Lipinski definition) is 0. The molecule has 1 aromatic carbocycles. The second-order valence-corrected chi connectivity index (χ2v) is 8.54. The average molecular weight is 491 g/mol. The van der Waals surface area contributed by atoms with E-state index in [1.165, 1.54) is 50.2 Å². The molecule has 3 aromatic rings. The summed E-state index contributed by atoms with van der Waals surface area (Å²) < 4.78 is 55.8. The van der Waals surface area contributed by atoms with Gasteiger partial charge in [0.15, 0.2) is 0 Å². The first-order chi connectivity index (χ1) is 16.0. The standard InChI is InChI=1S/C23H24N2OS.3F2/c1-13-21(12-24)27-15(3)22(13)17-7-6-8-18(17)23-14(2)25(4)20-10-9-16(26-5)11-19(20)23;3*1-2/h9-11H,6-8H2,1-5H3;;;. The third kappa shape index (κ3) is 5.19. The smallest absolute Gasteiger partial charge is 0.119 e. The van der Waals surface area contributed by atoms with Crippen molar-refractivity contribution in [2.24, 2.45) is 7.05 Å². The first kappa shape index (κ1) is 28.1. The van der Waals surface area contributed by atoms with E-state index in [0.29, 0.717) is 0 Å². The molecule has 10 heteroatoms. The number of ether oxygens (including phenoxy) is 1. The van der Waals surface area contributed by atoms with Crippen LogP contribution in [-0.4, -0.2) is 11.7 Å². The third-order valence-electron chi connectivity index (χ3n) is 5.95. The lowest BCUT2D eigenvalue weighted by Gasteiger charge is -2.11. The summed E-state index contributed by atoms with van der Waals surface area (Å²) in [6.45, 7) is 6.45. The molecule has 0 unspecified atom stereocenters. The van der Waals surface area contributed by atoms with E-state index >= 15 is 0 Å². The van der Waals surface area contributed by atoms with Gasteiger partial charge in [-0.05, 0) is 80.5 Å². The number of hydrogen-bond acceptors (Lipinski definition) is 3. The molecule has 180 valence electrons. The molecular weight excluding hydrogens is 466 g/mol. The molecule has 2 heterocycles. The number of benzene rings is 1. The number of allylic oxidation sites excluding steroid dienone is 2. The Hall–Kier alpha value is -2.93. The number of thiophene rings is 1. The Morgan fingerprint density at radius 3 is 2.06 bits per heavy atom. The van der Waals surface area contributed by atoms with E-state index in [-0.39, 0.29) is 0 Å². The second kappa shape index (κ2) is 12.9. The first-order valence-electron chi connectivity index (χ1n) is 9.76. The van der Waals surface area contributed by atoms with Crippen LogP contribution in [0.3, 0.4) is 0 Å². The fourth-order valence-electron chi connectivity index (χ4n) is 4.56. The SMILES string of the molecule is COc1ccc2c(c1)c(C1=C(c3c(C)sc(C#N)c3C)CCC1)c(C)n2C.FF.FF.FF. The van der Waals surface area contributed by atoms with Gasteiger partial charge >= 0.3 is 0 Å². The van der Waals surface area contributed by atoms with Crippen molar-refractivity contribution < 1.29 is 32.2 Å². The summed E-state index contributed by atoms with van der Waals surface area (Å²) in [6.07, 6.45) is 3.34. The highest BCUT2D eigenvalue weighted by atomic mass is 32.1. The number of halogens is 6. The summed E-state index contributed by atoms with van der Waals surface area (Å²) in [4.78, 5) is 2.10. The zero-order chi connectivity index (χ0) is 25.3. The summed E-state index contributed by atoms with van der Waals surface area (Å²) in [5, 5.41) is 10.7. The van der Waals surface area contributed by atoms with E-state index in [9.17, 15) is 5.26 Å². The summed E-state index contributed by atoms with van der Waals surface area (Å²) in [5.74, 6) is 0.893. The Bertz CT molecular complexity index is 1160. The molecule has 0 amide bonds. The Labute approximate surface area is 192 Å². The summed E-state index contributed by atoms with van der Waals surface area (Å²) in [6, 6.07) is 8.71. The number of aryl methyl sites for hydroxylation is 2. The normalized spacial score (nSPS) is 12.2. The van der Waals surface area contributed by atoms with Crippen LogP contribution in [0.2, 0.25) is 0 Å². The van der Waals surface area contributed by atoms with Crippen molar-refractivity contribution in [2.45, 2.75) is 40.0 Å². The Morgan fingerprint density at radius 2 is 1.55 bits per heavy atom. The lowest BCUT2D eigenvalue weighted by atomic mass is 9.93. The fourth-order valence-corrected chi connectivity index (χ4v) is 5.54. The van der Waals surface area contributed by atoms with Gasteiger partial charge in [-0.3, -0.25) is 0 Å². The molecule has 0 saturated heterocycles. The highest BCUT2D eigenvalue weighted by Crippen LogP contribution is 2.47. The summed E-state index contributed by atoms with van der Waals surface area (Å²) >= 11 is 1.62. The molecule has 0 saturated carbocycles. The number of nitriles is 1. The van der Waals surface area contributed by atoms with Crippen LogP contribution in [0.1, 0.15) is 51.4 Å². The molecule has 33 heavy (non-hydrogen) atoms. The van der Waals surface area contributed by atoms with Gasteiger partial charge in [0.2, 0.25) is 0 Å². The van der Waals surface area contributed by atoms with E-state index < -0.39 is 0 Å². The van der Waals surface area contributed by atoms with E-state index in [2.05, 4.69) is 50.6 Å². The van der Waals surface area contributed by atoms with Crippen molar-refractivity contribution in [1.82, 2.24) is 4.57 Å². The Balaban J connectivity index is 0.000000841. The van der Waals surface area contributed by atoms with Crippen molar-refractivity contribution in [3.8, 4) is 11.8 Å². The molecule has 3 nitrogen and oxygen atoms in total. The van der Waals surface area contributed by atoms with Gasteiger partial charge in [0.25, 0.3) is 0 Å². The molecule has 0 fully saturated rings. The van der Waals surface area contributed by atoms with E-state index in [0.717, 1.165) is 29.0 Å². The quantitative estimate of drug-likeness (QED) is 0.345. The molecule has 1 aliphatic rings. The predicted octanol–water partition coefficient (Wildman–Crippen LogP) is 8.66. The van der Waals surface area contributed by atoms with Crippen LogP contribution in [0.15, 0.2) is 18.2 Å². The molecule has 2 aromatic heterocycles. The maximum Gasteiger partial charge on any atom is 0.119 e. The average Bonchev–Trinajstić information content (AvgIpc) is 3.51. The summed E-state index contributed by atoms with van der Waals surface area (Å²) in [5.41, 5.74) is 9.20. The van der Waals surface area contributed by atoms with Crippen molar-refractivity contribution in [3.05, 3.63) is 50.3 Å². The van der Waals surface area contributed by atoms with Crippen LogP contribution < -0.4 is 4.74 Å². The van der Waals surface area contributed by atoms with Crippen LogP contribution in [0.4, 0.5) is 27.4 Å². The topological polar surface area (TPSA) is 37.9 Å². The molecule has 4 rings (SSSR count). The monoisotopic (exact) mass is 490 g/mol. The molecule has 0 N–H and O–H groups in total. The van der Waals surface area contributed by atoms with Gasteiger partial charge in [0.05, 0.1) is 7.11 Å². The van der Waals surface area contributed by atoms with Crippen LogP contribution in [0, 0.1) is 32.1 Å². The van der Waals surface area contributed by atoms with Gasteiger partial charge in [-0.2, -0.15) is 5.26 Å². The minimum atomic E-state index is 0.845. The van der Waals surface area contributed by atoms with E-state index in [4.69, 9.17) is 32.2 Å². The van der Waals surface area contributed by atoms with Crippen LogP contribution >= 0.6 is 11.3 Å². The van der Waals surface area contributed by atoms with Gasteiger partial charge in [0, 0.05) is 61.5 Å². The molecule has 0 atom stereocenters. The van der Waals surface area contributed by atoms with Crippen molar-refractivity contribution in [2.75, 3.05) is 7.11 Å². The van der Waals surface area contributed by atoms with E-state index in [1.807, 2.05) is 6.07 Å². The molecule has 1 aliphatic carbocycles. The minimum Gasteiger partial charge on any atom is -0.497 e. The maximum atomic E-state index is 9.46.